The number of thiazole rings is 2. The van der Waals surface area contributed by atoms with E-state index in [1.54, 1.807) is 27.7 Å². The Labute approximate surface area is 363 Å². The number of carbonyl (C=O) groups is 6. The number of hydrogen-bond acceptors (Lipinski definition) is 11. The van der Waals surface area contributed by atoms with Crippen molar-refractivity contribution in [1.82, 2.24) is 30.4 Å². The minimum atomic E-state index is -1.57. The van der Waals surface area contributed by atoms with E-state index in [-0.39, 0.29) is 43.4 Å². The Morgan fingerprint density at radius 2 is 1.11 bits per heavy atom. The van der Waals surface area contributed by atoms with Gasteiger partial charge in [-0.25, -0.2) is 19.6 Å². The van der Waals surface area contributed by atoms with E-state index in [4.69, 9.17) is 21.4 Å². The molecule has 6 rings (SSSR count). The molecule has 61 heavy (non-hydrogen) atoms. The minimum Gasteiger partial charge on any atom is -0.465 e. The lowest BCUT2D eigenvalue weighted by Gasteiger charge is -2.37. The molecule has 8 N–H and O–H groups in total. The molecule has 5 heterocycles. The average Bonchev–Trinajstić information content (AvgIpc) is 4.03. The van der Waals surface area contributed by atoms with Crippen molar-refractivity contribution in [2.75, 3.05) is 18.0 Å². The van der Waals surface area contributed by atoms with Crippen LogP contribution >= 0.6 is 22.7 Å². The zero-order chi connectivity index (χ0) is 44.8. The number of likely N-dealkylation sites (tertiary alicyclic amines) is 2. The number of hydrogen-bond donors (Lipinski definition) is 6. The average molecular weight is 880 g/mol. The summed E-state index contributed by atoms with van der Waals surface area (Å²) in [5.74, 6) is -3.37. The molecule has 0 radical (unpaired) electrons. The Bertz CT molecular complexity index is 2050. The number of carbonyl (C=O) groups excluding carboxylic acids is 4. The molecular weight excluding hydrogens is 823 g/mol. The van der Waals surface area contributed by atoms with Gasteiger partial charge in [-0.1, -0.05) is 60.6 Å². The van der Waals surface area contributed by atoms with Crippen LogP contribution in [-0.4, -0.2) is 91.0 Å². The van der Waals surface area contributed by atoms with E-state index >= 15 is 0 Å². The standard InChI is InChI=1S/C42H57N9O8S2/c1-22(2)30(47-38(56)57)32(52)49-18-8-16-41(49,34(43)54)36-45-26(20-60-36)28-14-15-29(51(28)25-12-10-24(11-13-25)40(5,6)7)27-21-61-37(46-27)42(35(44)55)17-9-19-50(42)33(53)31(23(3)4)48-39(58)59/h10-13,20-23,28-31,47-48H,8-9,14-19H2,1-7H3,(H2,43,54)(H2,44,55)(H,56,57)(H,58,59)/t28-,29-,30+,31+,41+,42+/m1/s1. The van der Waals surface area contributed by atoms with E-state index in [0.29, 0.717) is 47.1 Å². The predicted octanol–water partition coefficient (Wildman–Crippen LogP) is 5.17. The zero-order valence-electron chi connectivity index (χ0n) is 35.6. The van der Waals surface area contributed by atoms with Crippen LogP contribution in [0.2, 0.25) is 0 Å². The quantitative estimate of drug-likeness (QED) is 0.131. The lowest BCUT2D eigenvalue weighted by atomic mass is 9.87. The number of nitrogens with zero attached hydrogens (tertiary/aromatic N) is 5. The molecule has 3 aromatic rings. The van der Waals surface area contributed by atoms with Crippen molar-refractivity contribution >= 4 is 64.2 Å². The first-order valence-corrected chi connectivity index (χ1v) is 22.4. The second-order valence-electron chi connectivity index (χ2n) is 17.9. The second-order valence-corrected chi connectivity index (χ2v) is 19.7. The molecule has 0 spiro atoms. The van der Waals surface area contributed by atoms with Crippen LogP contribution in [0.25, 0.3) is 0 Å². The van der Waals surface area contributed by atoms with Gasteiger partial charge in [-0.2, -0.15) is 0 Å². The van der Waals surface area contributed by atoms with Crippen LogP contribution in [0.3, 0.4) is 0 Å². The van der Waals surface area contributed by atoms with Gasteiger partial charge in [0.2, 0.25) is 11.8 Å². The molecule has 0 bridgehead atoms. The van der Waals surface area contributed by atoms with Crippen LogP contribution < -0.4 is 27.0 Å². The number of anilines is 1. The van der Waals surface area contributed by atoms with Crippen LogP contribution in [0.15, 0.2) is 35.0 Å². The van der Waals surface area contributed by atoms with Crippen molar-refractivity contribution in [2.24, 2.45) is 23.3 Å². The molecule has 3 aliphatic rings. The van der Waals surface area contributed by atoms with Crippen molar-refractivity contribution in [3.63, 3.8) is 0 Å². The number of nitrogens with two attached hydrogens (primary N) is 2. The summed E-state index contributed by atoms with van der Waals surface area (Å²) in [4.78, 5) is 93.6. The van der Waals surface area contributed by atoms with Gasteiger partial charge in [-0.3, -0.25) is 19.2 Å². The minimum absolute atomic E-state index is 0.111. The van der Waals surface area contributed by atoms with Crippen LogP contribution in [0.5, 0.6) is 0 Å². The van der Waals surface area contributed by atoms with Crippen molar-refractivity contribution in [2.45, 2.75) is 128 Å². The number of benzene rings is 1. The third-order valence-electron chi connectivity index (χ3n) is 12.4. The number of rotatable bonds is 13. The fraction of sp³-hybridized carbons (Fsp3) is 0.571. The third kappa shape index (κ3) is 8.25. The molecule has 3 aliphatic heterocycles. The lowest BCUT2D eigenvalue weighted by molar-refractivity contribution is -0.146. The second kappa shape index (κ2) is 17.2. The lowest BCUT2D eigenvalue weighted by Crippen LogP contribution is -2.59. The highest BCUT2D eigenvalue weighted by Gasteiger charge is 2.56. The van der Waals surface area contributed by atoms with Crippen LogP contribution in [0.1, 0.15) is 126 Å². The molecule has 0 aliphatic carbocycles. The van der Waals surface area contributed by atoms with Crippen LogP contribution in [0.4, 0.5) is 15.3 Å². The monoisotopic (exact) mass is 879 g/mol. The third-order valence-corrected chi connectivity index (χ3v) is 14.4. The van der Waals surface area contributed by atoms with Gasteiger partial charge in [0.05, 0.1) is 23.5 Å². The largest absolute Gasteiger partial charge is 0.465 e. The van der Waals surface area contributed by atoms with E-state index in [2.05, 4.69) is 60.6 Å². The van der Waals surface area contributed by atoms with Gasteiger partial charge >= 0.3 is 12.2 Å². The molecule has 330 valence electrons. The number of aromatic nitrogens is 2. The maximum atomic E-state index is 14.0. The van der Waals surface area contributed by atoms with Crippen LogP contribution in [0, 0.1) is 11.8 Å². The highest BCUT2D eigenvalue weighted by atomic mass is 32.1. The summed E-state index contributed by atoms with van der Waals surface area (Å²) in [7, 11) is 0. The van der Waals surface area contributed by atoms with E-state index in [1.165, 1.54) is 32.5 Å². The van der Waals surface area contributed by atoms with Crippen molar-refractivity contribution < 1.29 is 39.0 Å². The fourth-order valence-corrected chi connectivity index (χ4v) is 11.4. The Morgan fingerprint density at radius 3 is 1.44 bits per heavy atom. The molecule has 6 atom stereocenters. The summed E-state index contributed by atoms with van der Waals surface area (Å²) in [5.41, 5.74) is 12.4. The summed E-state index contributed by atoms with van der Waals surface area (Å²) in [6.07, 6.45) is -0.0577. The number of primary amides is 2. The first kappa shape index (κ1) is 45.2. The summed E-state index contributed by atoms with van der Waals surface area (Å²) >= 11 is 2.47. The molecule has 2 aromatic heterocycles. The number of nitrogens with one attached hydrogen (secondary N) is 2. The summed E-state index contributed by atoms with van der Waals surface area (Å²) in [6.45, 7) is 13.7. The van der Waals surface area contributed by atoms with E-state index in [1.807, 2.05) is 10.8 Å². The normalized spacial score (nSPS) is 24.0. The number of carboxylic acid groups (broad SMARTS) is 2. The smallest absolute Gasteiger partial charge is 0.405 e. The van der Waals surface area contributed by atoms with Gasteiger partial charge in [0.15, 0.2) is 11.1 Å². The van der Waals surface area contributed by atoms with Gasteiger partial charge in [0, 0.05) is 29.5 Å². The van der Waals surface area contributed by atoms with Gasteiger partial charge in [-0.05, 0) is 73.5 Å². The molecule has 0 saturated carbocycles. The predicted molar refractivity (Wildman–Crippen MR) is 230 cm³/mol. The molecule has 3 saturated heterocycles. The summed E-state index contributed by atoms with van der Waals surface area (Å²) < 4.78 is 0. The number of amides is 6. The Balaban J connectivity index is 1.39. The molecule has 3 fully saturated rings. The maximum absolute atomic E-state index is 14.0. The first-order chi connectivity index (χ1) is 28.6. The Morgan fingerprint density at radius 1 is 0.721 bits per heavy atom. The van der Waals surface area contributed by atoms with Crippen LogP contribution in [-0.2, 0) is 35.7 Å². The molecule has 0 unspecified atom stereocenters. The Kier molecular flexibility index (Phi) is 12.8. The molecule has 19 heteroatoms. The Hall–Kier alpha value is -5.30. The molecule has 17 nitrogen and oxygen atoms in total. The first-order valence-electron chi connectivity index (χ1n) is 20.7. The van der Waals surface area contributed by atoms with E-state index in [9.17, 15) is 39.0 Å². The molecule has 6 amide bonds. The topological polar surface area (TPSA) is 254 Å². The summed E-state index contributed by atoms with van der Waals surface area (Å²) in [6, 6.07) is 5.44. The van der Waals surface area contributed by atoms with Crippen molar-refractivity contribution in [3.05, 3.63) is 62.0 Å². The van der Waals surface area contributed by atoms with Crippen molar-refractivity contribution in [1.29, 1.82) is 0 Å². The van der Waals surface area contributed by atoms with Gasteiger partial charge in [-0.15, -0.1) is 22.7 Å². The summed E-state index contributed by atoms with van der Waals surface area (Å²) in [5, 5.41) is 28.2. The molecule has 1 aromatic carbocycles. The highest BCUT2D eigenvalue weighted by molar-refractivity contribution is 7.10. The highest BCUT2D eigenvalue weighted by Crippen LogP contribution is 2.50. The molecular formula is C42H57N9O8S2. The van der Waals surface area contributed by atoms with E-state index in [0.717, 1.165) is 11.3 Å². The van der Waals surface area contributed by atoms with E-state index < -0.39 is 70.8 Å². The SMILES string of the molecule is CC(C)[C@H](NC(=O)O)C(=O)N1CCC[C@]1(C(N)=O)c1nc([C@H]2CC[C@H](c3csc([C@@]4(C(N)=O)CCCN4C(=O)[C@@H](NC(=O)O)C(C)C)n3)N2c2ccc(C(C)(C)C)cc2)cs1. The van der Waals surface area contributed by atoms with Crippen molar-refractivity contribution in [3.8, 4) is 0 Å². The van der Waals surface area contributed by atoms with Gasteiger partial charge in [0.25, 0.3) is 11.8 Å². The fourth-order valence-electron chi connectivity index (χ4n) is 9.17. The van der Waals surface area contributed by atoms with Gasteiger partial charge in [0.1, 0.15) is 22.1 Å². The maximum Gasteiger partial charge on any atom is 0.405 e. The van der Waals surface area contributed by atoms with Gasteiger partial charge < -0.3 is 47.0 Å². The zero-order valence-corrected chi connectivity index (χ0v) is 37.3.